The maximum Gasteiger partial charge on any atom is 0.341 e. The lowest BCUT2D eigenvalue weighted by Gasteiger charge is -2.04. The van der Waals surface area contributed by atoms with E-state index in [0.717, 1.165) is 16.4 Å². The van der Waals surface area contributed by atoms with Gasteiger partial charge in [0.1, 0.15) is 12.0 Å². The Morgan fingerprint density at radius 1 is 1.57 bits per heavy atom. The first kappa shape index (κ1) is 11.8. The van der Waals surface area contributed by atoms with Crippen molar-refractivity contribution in [3.05, 3.63) is 23.7 Å². The van der Waals surface area contributed by atoms with Crippen LogP contribution in [0.2, 0.25) is 0 Å². The number of hydrogen-bond donors (Lipinski definition) is 0. The molecule has 0 saturated heterocycles. The molecule has 0 atom stereocenters. The van der Waals surface area contributed by atoms with Gasteiger partial charge in [-0.3, -0.25) is 0 Å². The Morgan fingerprint density at radius 2 is 2.21 bits per heavy atom. The van der Waals surface area contributed by atoms with Gasteiger partial charge in [-0.2, -0.15) is 0 Å². The summed E-state index contributed by atoms with van der Waals surface area (Å²) >= 11 is 6.74. The van der Waals surface area contributed by atoms with E-state index >= 15 is 0 Å². The molecule has 78 valence electrons. The van der Waals surface area contributed by atoms with Gasteiger partial charge in [-0.25, -0.2) is 4.79 Å². The van der Waals surface area contributed by atoms with Crippen molar-refractivity contribution < 1.29 is 13.9 Å². The fourth-order valence-electron chi connectivity index (χ4n) is 0.985. The molecule has 0 aromatic carbocycles. The molecular weight excluding hydrogens is 316 g/mol. The minimum Gasteiger partial charge on any atom is -0.468 e. The number of furan rings is 1. The van der Waals surface area contributed by atoms with Gasteiger partial charge in [-0.15, -0.1) is 0 Å². The topological polar surface area (TPSA) is 39.4 Å². The van der Waals surface area contributed by atoms with Gasteiger partial charge in [0.2, 0.25) is 0 Å². The summed E-state index contributed by atoms with van der Waals surface area (Å²) in [5.41, 5.74) is 0.453. The van der Waals surface area contributed by atoms with Crippen LogP contribution in [0, 0.1) is 0 Å². The smallest absolute Gasteiger partial charge is 0.341 e. The highest BCUT2D eigenvalue weighted by molar-refractivity contribution is 9.09. The largest absolute Gasteiger partial charge is 0.468 e. The van der Waals surface area contributed by atoms with Gasteiger partial charge in [-0.1, -0.05) is 31.9 Å². The van der Waals surface area contributed by atoms with Crippen molar-refractivity contribution >= 4 is 37.8 Å². The predicted octanol–water partition coefficient (Wildman–Crippen LogP) is 2.94. The average Bonchev–Trinajstić information content (AvgIpc) is 2.68. The Morgan fingerprint density at radius 3 is 2.71 bits per heavy atom. The number of halogens is 2. The van der Waals surface area contributed by atoms with E-state index in [0.29, 0.717) is 5.56 Å². The standard InChI is InChI=1S/C9H10Br2O3/c1-13-9(12)6-2-8(14-5-6)7(3-10)4-11/h2,5,7H,3-4H2,1H3. The molecule has 0 amide bonds. The highest BCUT2D eigenvalue weighted by Gasteiger charge is 2.16. The molecule has 0 aliphatic rings. The van der Waals surface area contributed by atoms with Crippen molar-refractivity contribution in [3.8, 4) is 0 Å². The van der Waals surface area contributed by atoms with E-state index in [4.69, 9.17) is 4.42 Å². The van der Waals surface area contributed by atoms with Crippen LogP contribution < -0.4 is 0 Å². The van der Waals surface area contributed by atoms with Gasteiger partial charge < -0.3 is 9.15 Å². The fraction of sp³-hybridized carbons (Fsp3) is 0.444. The lowest BCUT2D eigenvalue weighted by Crippen LogP contribution is -2.01. The van der Waals surface area contributed by atoms with Gasteiger partial charge in [0, 0.05) is 16.6 Å². The third-order valence-electron chi connectivity index (χ3n) is 1.82. The Labute approximate surface area is 99.1 Å². The summed E-state index contributed by atoms with van der Waals surface area (Å²) < 4.78 is 9.84. The molecule has 0 aliphatic carbocycles. The molecule has 0 spiro atoms. The Balaban J connectivity index is 2.81. The van der Waals surface area contributed by atoms with E-state index < -0.39 is 0 Å². The molecular formula is C9H10Br2O3. The van der Waals surface area contributed by atoms with Gasteiger partial charge >= 0.3 is 5.97 Å². The number of methoxy groups -OCH3 is 1. The average molecular weight is 326 g/mol. The molecule has 0 aliphatic heterocycles. The minimum absolute atomic E-state index is 0.230. The molecule has 0 bridgehead atoms. The van der Waals surface area contributed by atoms with Crippen LogP contribution in [-0.2, 0) is 4.74 Å². The Hall–Kier alpha value is -0.290. The maximum absolute atomic E-state index is 11.1. The van der Waals surface area contributed by atoms with Crippen LogP contribution in [0.1, 0.15) is 22.0 Å². The third-order valence-corrected chi connectivity index (χ3v) is 3.38. The Bertz CT molecular complexity index is 305. The summed E-state index contributed by atoms with van der Waals surface area (Å²) in [6, 6.07) is 1.71. The van der Waals surface area contributed by atoms with Crippen molar-refractivity contribution in [3.63, 3.8) is 0 Å². The summed E-state index contributed by atoms with van der Waals surface area (Å²) in [6.07, 6.45) is 1.42. The number of carbonyl (C=O) groups excluding carboxylic acids is 1. The molecule has 5 heteroatoms. The second-order valence-corrected chi connectivity index (χ2v) is 4.03. The zero-order valence-corrected chi connectivity index (χ0v) is 10.8. The molecule has 0 N–H and O–H groups in total. The number of hydrogen-bond acceptors (Lipinski definition) is 3. The Kier molecular flexibility index (Phi) is 4.68. The quantitative estimate of drug-likeness (QED) is 0.631. The fourth-order valence-corrected chi connectivity index (χ4v) is 2.70. The summed E-state index contributed by atoms with van der Waals surface area (Å²) in [5.74, 6) is 0.635. The molecule has 0 saturated carbocycles. The molecule has 0 unspecified atom stereocenters. The second kappa shape index (κ2) is 5.56. The van der Waals surface area contributed by atoms with Gasteiger partial charge in [0.25, 0.3) is 0 Å². The molecule has 3 nitrogen and oxygen atoms in total. The van der Waals surface area contributed by atoms with Crippen molar-refractivity contribution in [2.75, 3.05) is 17.8 Å². The molecule has 14 heavy (non-hydrogen) atoms. The number of rotatable bonds is 4. The van der Waals surface area contributed by atoms with Crippen LogP contribution in [0.5, 0.6) is 0 Å². The minimum atomic E-state index is -0.372. The lowest BCUT2D eigenvalue weighted by molar-refractivity contribution is 0.0600. The summed E-state index contributed by atoms with van der Waals surface area (Å²) in [7, 11) is 1.35. The number of esters is 1. The SMILES string of the molecule is COC(=O)c1coc(C(CBr)CBr)c1. The molecule has 0 fully saturated rings. The van der Waals surface area contributed by atoms with Crippen molar-refractivity contribution in [1.29, 1.82) is 0 Å². The molecule has 1 aromatic heterocycles. The van der Waals surface area contributed by atoms with Gasteiger partial charge in [-0.05, 0) is 6.07 Å². The molecule has 1 rings (SSSR count). The first-order valence-corrected chi connectivity index (χ1v) is 6.25. The maximum atomic E-state index is 11.1. The van der Waals surface area contributed by atoms with Crippen LogP contribution in [0.3, 0.4) is 0 Å². The van der Waals surface area contributed by atoms with Crippen molar-refractivity contribution in [2.24, 2.45) is 0 Å². The highest BCUT2D eigenvalue weighted by Crippen LogP contribution is 2.23. The van der Waals surface area contributed by atoms with Crippen LogP contribution in [0.15, 0.2) is 16.7 Å². The third kappa shape index (κ3) is 2.60. The zero-order chi connectivity index (χ0) is 10.6. The van der Waals surface area contributed by atoms with Crippen molar-refractivity contribution in [1.82, 2.24) is 0 Å². The zero-order valence-electron chi connectivity index (χ0n) is 7.63. The summed E-state index contributed by atoms with van der Waals surface area (Å²) in [4.78, 5) is 11.1. The number of alkyl halides is 2. The molecule has 0 radical (unpaired) electrons. The first-order valence-electron chi connectivity index (χ1n) is 4.01. The van der Waals surface area contributed by atoms with Gasteiger partial charge in [0.05, 0.1) is 12.7 Å². The van der Waals surface area contributed by atoms with E-state index in [9.17, 15) is 4.79 Å². The lowest BCUT2D eigenvalue weighted by atomic mass is 10.1. The van der Waals surface area contributed by atoms with Crippen LogP contribution in [0.25, 0.3) is 0 Å². The second-order valence-electron chi connectivity index (χ2n) is 2.73. The molecule has 1 aromatic rings. The summed E-state index contributed by atoms with van der Waals surface area (Å²) in [6.45, 7) is 0. The van der Waals surface area contributed by atoms with E-state index in [1.54, 1.807) is 6.07 Å². The predicted molar refractivity (Wildman–Crippen MR) is 60.4 cm³/mol. The summed E-state index contributed by atoms with van der Waals surface area (Å²) in [5, 5.41) is 1.57. The van der Waals surface area contributed by atoms with Crippen LogP contribution in [-0.4, -0.2) is 23.7 Å². The van der Waals surface area contributed by atoms with Crippen molar-refractivity contribution in [2.45, 2.75) is 5.92 Å². The van der Waals surface area contributed by atoms with E-state index in [2.05, 4.69) is 36.6 Å². The van der Waals surface area contributed by atoms with E-state index in [-0.39, 0.29) is 11.9 Å². The van der Waals surface area contributed by atoms with Gasteiger partial charge in [0.15, 0.2) is 0 Å². The van der Waals surface area contributed by atoms with E-state index in [1.807, 2.05) is 0 Å². The monoisotopic (exact) mass is 324 g/mol. The molecule has 1 heterocycles. The number of ether oxygens (including phenoxy) is 1. The normalized spacial score (nSPS) is 10.6. The number of carbonyl (C=O) groups is 1. The van der Waals surface area contributed by atoms with Crippen LogP contribution in [0.4, 0.5) is 0 Å². The van der Waals surface area contributed by atoms with E-state index in [1.165, 1.54) is 13.4 Å². The highest BCUT2D eigenvalue weighted by atomic mass is 79.9. The van der Waals surface area contributed by atoms with Crippen LogP contribution >= 0.6 is 31.9 Å². The first-order chi connectivity index (χ1) is 6.72.